The Hall–Kier alpha value is -0.640. The molecule has 3 rings (SSSR count). The van der Waals surface area contributed by atoms with E-state index in [2.05, 4.69) is 20.9 Å². The van der Waals surface area contributed by atoms with Crippen molar-refractivity contribution in [1.29, 1.82) is 0 Å². The van der Waals surface area contributed by atoms with Gasteiger partial charge in [0.2, 0.25) is 0 Å². The molecule has 1 aliphatic rings. The summed E-state index contributed by atoms with van der Waals surface area (Å²) < 4.78 is 0. The molecule has 0 aliphatic heterocycles. The van der Waals surface area contributed by atoms with Gasteiger partial charge >= 0.3 is 0 Å². The topological polar surface area (TPSA) is 25.8 Å². The van der Waals surface area contributed by atoms with Crippen LogP contribution in [0.25, 0.3) is 11.4 Å². The minimum absolute atomic E-state index is 0.528. The molecule has 0 N–H and O–H groups in total. The minimum Gasteiger partial charge on any atom is -0.236 e. The summed E-state index contributed by atoms with van der Waals surface area (Å²) in [4.78, 5) is 9.12. The molecule has 1 aromatic heterocycles. The van der Waals surface area contributed by atoms with Crippen molar-refractivity contribution in [2.24, 2.45) is 0 Å². The second-order valence-electron chi connectivity index (χ2n) is 4.64. The third-order valence-corrected chi connectivity index (χ3v) is 4.53. The Labute approximate surface area is 130 Å². The van der Waals surface area contributed by atoms with E-state index in [0.717, 1.165) is 16.6 Å². The van der Waals surface area contributed by atoms with Gasteiger partial charge in [0.1, 0.15) is 0 Å². The molecule has 1 saturated carbocycles. The molecule has 1 heterocycles. The highest BCUT2D eigenvalue weighted by Gasteiger charge is 2.28. The largest absolute Gasteiger partial charge is 0.236 e. The van der Waals surface area contributed by atoms with Crippen LogP contribution in [0, 0.1) is 0 Å². The Morgan fingerprint density at radius 2 is 2.00 bits per heavy atom. The van der Waals surface area contributed by atoms with E-state index >= 15 is 0 Å². The van der Waals surface area contributed by atoms with Crippen LogP contribution >= 0.6 is 39.1 Å². The van der Waals surface area contributed by atoms with Crippen LogP contribution in [0.4, 0.5) is 0 Å². The van der Waals surface area contributed by atoms with Crippen LogP contribution in [-0.4, -0.2) is 9.97 Å². The van der Waals surface area contributed by atoms with Crippen molar-refractivity contribution in [3.8, 4) is 11.4 Å². The first-order valence-electron chi connectivity index (χ1n) is 6.06. The molecule has 0 atom stereocenters. The van der Waals surface area contributed by atoms with E-state index in [1.165, 1.54) is 18.4 Å². The summed E-state index contributed by atoms with van der Waals surface area (Å²) in [7, 11) is 0. The van der Waals surface area contributed by atoms with E-state index in [4.69, 9.17) is 28.2 Å². The normalized spacial score (nSPS) is 14.7. The molecule has 1 fully saturated rings. The first kappa shape index (κ1) is 13.3. The van der Waals surface area contributed by atoms with Crippen molar-refractivity contribution >= 4 is 39.1 Å². The van der Waals surface area contributed by atoms with Gasteiger partial charge in [-0.05, 0) is 31.0 Å². The second-order valence-corrected chi connectivity index (χ2v) is 6.02. The summed E-state index contributed by atoms with van der Waals surface area (Å²) in [6, 6.07) is 5.48. The fraction of sp³-hybridized carbons (Fsp3) is 0.286. The maximum Gasteiger partial charge on any atom is 0.159 e. The lowest BCUT2D eigenvalue weighted by Gasteiger charge is -2.08. The van der Waals surface area contributed by atoms with Gasteiger partial charge in [0.25, 0.3) is 0 Å². The third-order valence-electron chi connectivity index (χ3n) is 3.18. The number of alkyl halides is 1. The predicted molar refractivity (Wildman–Crippen MR) is 82.1 cm³/mol. The minimum atomic E-state index is 0.528. The Bertz CT molecular complexity index is 627. The summed E-state index contributed by atoms with van der Waals surface area (Å²) in [6.07, 6.45) is 4.34. The van der Waals surface area contributed by atoms with Crippen molar-refractivity contribution < 1.29 is 0 Å². The van der Waals surface area contributed by atoms with Crippen molar-refractivity contribution in [1.82, 2.24) is 9.97 Å². The Morgan fingerprint density at radius 3 is 2.63 bits per heavy atom. The lowest BCUT2D eigenvalue weighted by atomic mass is 10.1. The van der Waals surface area contributed by atoms with Gasteiger partial charge in [-0.1, -0.05) is 39.1 Å². The Balaban J connectivity index is 2.04. The molecule has 1 aliphatic carbocycles. The highest BCUT2D eigenvalue weighted by atomic mass is 79.9. The van der Waals surface area contributed by atoms with E-state index in [0.29, 0.717) is 21.8 Å². The van der Waals surface area contributed by atoms with E-state index in [1.807, 2.05) is 18.3 Å². The standard InChI is InChI=1S/C14H11BrCl2N2/c15-6-10-7-18-14(19-13(10)8-1-2-8)9-3-4-11(16)12(17)5-9/h3-5,7-8H,1-2,6H2. The van der Waals surface area contributed by atoms with Crippen LogP contribution in [0.3, 0.4) is 0 Å². The summed E-state index contributed by atoms with van der Waals surface area (Å²) in [6.45, 7) is 0. The van der Waals surface area contributed by atoms with Gasteiger partial charge in [0, 0.05) is 28.6 Å². The van der Waals surface area contributed by atoms with Gasteiger partial charge in [0.15, 0.2) is 5.82 Å². The van der Waals surface area contributed by atoms with E-state index in [-0.39, 0.29) is 0 Å². The van der Waals surface area contributed by atoms with E-state index < -0.39 is 0 Å². The zero-order valence-corrected chi connectivity index (χ0v) is 13.1. The van der Waals surface area contributed by atoms with Gasteiger partial charge in [0.05, 0.1) is 15.7 Å². The first-order chi connectivity index (χ1) is 9.19. The second kappa shape index (κ2) is 5.39. The molecule has 0 bridgehead atoms. The number of hydrogen-bond acceptors (Lipinski definition) is 2. The average Bonchev–Trinajstić information content (AvgIpc) is 3.25. The molecule has 0 unspecified atom stereocenters. The van der Waals surface area contributed by atoms with Crippen LogP contribution in [0.5, 0.6) is 0 Å². The van der Waals surface area contributed by atoms with E-state index in [9.17, 15) is 0 Å². The van der Waals surface area contributed by atoms with Crippen LogP contribution < -0.4 is 0 Å². The first-order valence-corrected chi connectivity index (χ1v) is 7.94. The molecular formula is C14H11BrCl2N2. The highest BCUT2D eigenvalue weighted by Crippen LogP contribution is 2.41. The van der Waals surface area contributed by atoms with Crippen LogP contribution in [0.1, 0.15) is 30.0 Å². The summed E-state index contributed by atoms with van der Waals surface area (Å²) in [5, 5.41) is 1.87. The van der Waals surface area contributed by atoms with Gasteiger partial charge < -0.3 is 0 Å². The number of nitrogens with zero attached hydrogens (tertiary/aromatic N) is 2. The number of rotatable bonds is 3. The molecular weight excluding hydrogens is 347 g/mol. The zero-order valence-electron chi connectivity index (χ0n) is 10.0. The van der Waals surface area contributed by atoms with Crippen molar-refractivity contribution in [3.63, 3.8) is 0 Å². The highest BCUT2D eigenvalue weighted by molar-refractivity contribution is 9.08. The van der Waals surface area contributed by atoms with Crippen molar-refractivity contribution in [2.45, 2.75) is 24.1 Å². The third kappa shape index (κ3) is 2.78. The van der Waals surface area contributed by atoms with Gasteiger partial charge in [-0.3, -0.25) is 0 Å². The van der Waals surface area contributed by atoms with Gasteiger partial charge in [-0.25, -0.2) is 9.97 Å². The zero-order chi connectivity index (χ0) is 13.4. The molecule has 0 saturated heterocycles. The van der Waals surface area contributed by atoms with Gasteiger partial charge in [-0.2, -0.15) is 0 Å². The number of halogens is 3. The lowest BCUT2D eigenvalue weighted by Crippen LogP contribution is -1.99. The molecule has 0 radical (unpaired) electrons. The monoisotopic (exact) mass is 356 g/mol. The molecule has 0 spiro atoms. The Morgan fingerprint density at radius 1 is 1.21 bits per heavy atom. The SMILES string of the molecule is Clc1ccc(-c2ncc(CBr)c(C3CC3)n2)cc1Cl. The molecule has 2 nitrogen and oxygen atoms in total. The molecule has 1 aromatic carbocycles. The summed E-state index contributed by atoms with van der Waals surface area (Å²) in [5.74, 6) is 1.31. The summed E-state index contributed by atoms with van der Waals surface area (Å²) in [5.41, 5.74) is 3.23. The van der Waals surface area contributed by atoms with Crippen LogP contribution in [0.15, 0.2) is 24.4 Å². The van der Waals surface area contributed by atoms with Crippen molar-refractivity contribution in [2.75, 3.05) is 0 Å². The molecule has 5 heteroatoms. The molecule has 0 amide bonds. The molecule has 2 aromatic rings. The smallest absolute Gasteiger partial charge is 0.159 e. The maximum absolute atomic E-state index is 6.04. The fourth-order valence-electron chi connectivity index (χ4n) is 2.01. The fourth-order valence-corrected chi connectivity index (χ4v) is 2.74. The number of hydrogen-bond donors (Lipinski definition) is 0. The van der Waals surface area contributed by atoms with E-state index in [1.54, 1.807) is 6.07 Å². The maximum atomic E-state index is 6.04. The Kier molecular flexibility index (Phi) is 3.79. The number of aromatic nitrogens is 2. The quantitative estimate of drug-likeness (QED) is 0.703. The summed E-state index contributed by atoms with van der Waals surface area (Å²) >= 11 is 15.5. The molecule has 98 valence electrons. The lowest BCUT2D eigenvalue weighted by molar-refractivity contribution is 0.962. The van der Waals surface area contributed by atoms with Crippen LogP contribution in [0.2, 0.25) is 10.0 Å². The predicted octanol–water partition coefficient (Wildman–Crippen LogP) is 5.22. The number of benzene rings is 1. The van der Waals surface area contributed by atoms with Crippen molar-refractivity contribution in [3.05, 3.63) is 45.7 Å². The molecule has 19 heavy (non-hydrogen) atoms. The van der Waals surface area contributed by atoms with Crippen LogP contribution in [-0.2, 0) is 5.33 Å². The van der Waals surface area contributed by atoms with Gasteiger partial charge in [-0.15, -0.1) is 0 Å². The average molecular weight is 358 g/mol.